The Morgan fingerprint density at radius 3 is 2.56 bits per heavy atom. The Labute approximate surface area is 53.4 Å². The van der Waals surface area contributed by atoms with Gasteiger partial charge in [-0.1, -0.05) is 0 Å². The molecule has 1 saturated carbocycles. The van der Waals surface area contributed by atoms with Crippen LogP contribution in [-0.4, -0.2) is 25.4 Å². The van der Waals surface area contributed by atoms with Crippen LogP contribution in [0.15, 0.2) is 0 Å². The minimum Gasteiger partial charge on any atom is -0.311 e. The van der Waals surface area contributed by atoms with Crippen molar-refractivity contribution in [3.05, 3.63) is 0 Å². The van der Waals surface area contributed by atoms with Crippen LogP contribution in [-0.2, 0) is 0 Å². The standard InChI is InChI=1S/C6H11F2N/c7-3-4-9-5-6(8)1-2-6/h9H,1-5H2. The van der Waals surface area contributed by atoms with Gasteiger partial charge in [0.25, 0.3) is 0 Å². The van der Waals surface area contributed by atoms with E-state index in [1.54, 1.807) is 0 Å². The lowest BCUT2D eigenvalue weighted by molar-refractivity contribution is 0.292. The molecule has 1 N–H and O–H groups in total. The fraction of sp³-hybridized carbons (Fsp3) is 1.00. The van der Waals surface area contributed by atoms with Gasteiger partial charge in [0.15, 0.2) is 0 Å². The van der Waals surface area contributed by atoms with Crippen molar-refractivity contribution in [3.8, 4) is 0 Å². The number of rotatable bonds is 4. The van der Waals surface area contributed by atoms with E-state index in [-0.39, 0.29) is 6.54 Å². The second kappa shape index (κ2) is 2.60. The minimum atomic E-state index is -0.977. The van der Waals surface area contributed by atoms with Gasteiger partial charge in [0.05, 0.1) is 0 Å². The van der Waals surface area contributed by atoms with E-state index >= 15 is 0 Å². The van der Waals surface area contributed by atoms with Crippen LogP contribution in [0, 0.1) is 0 Å². The topological polar surface area (TPSA) is 12.0 Å². The lowest BCUT2D eigenvalue weighted by Crippen LogP contribution is -2.26. The zero-order valence-corrected chi connectivity index (χ0v) is 5.29. The van der Waals surface area contributed by atoms with Gasteiger partial charge >= 0.3 is 0 Å². The summed E-state index contributed by atoms with van der Waals surface area (Å²) in [6, 6.07) is 0. The molecule has 0 aromatic heterocycles. The summed E-state index contributed by atoms with van der Waals surface area (Å²) in [5.41, 5.74) is -0.977. The second-order valence-corrected chi connectivity index (χ2v) is 2.52. The van der Waals surface area contributed by atoms with Gasteiger partial charge < -0.3 is 5.32 Å². The van der Waals surface area contributed by atoms with Crippen LogP contribution in [0.4, 0.5) is 8.78 Å². The summed E-state index contributed by atoms with van der Waals surface area (Å²) >= 11 is 0. The average Bonchev–Trinajstić information content (AvgIpc) is 2.50. The Balaban J connectivity index is 1.92. The number of nitrogens with one attached hydrogen (secondary N) is 1. The average molecular weight is 135 g/mol. The first-order chi connectivity index (χ1) is 4.27. The van der Waals surface area contributed by atoms with Crippen molar-refractivity contribution in [1.29, 1.82) is 0 Å². The summed E-state index contributed by atoms with van der Waals surface area (Å²) in [5, 5.41) is 2.69. The Bertz CT molecular complexity index is 91.1. The molecule has 0 heterocycles. The van der Waals surface area contributed by atoms with E-state index in [9.17, 15) is 8.78 Å². The zero-order chi connectivity index (χ0) is 6.74. The molecule has 0 amide bonds. The van der Waals surface area contributed by atoms with Gasteiger partial charge in [-0.2, -0.15) is 0 Å². The molecule has 0 spiro atoms. The highest BCUT2D eigenvalue weighted by Gasteiger charge is 2.42. The molecule has 0 bridgehead atoms. The molecular weight excluding hydrogens is 124 g/mol. The fourth-order valence-electron chi connectivity index (χ4n) is 0.692. The van der Waals surface area contributed by atoms with E-state index in [0.29, 0.717) is 19.4 Å². The molecule has 9 heavy (non-hydrogen) atoms. The molecular formula is C6H11F2N. The maximum atomic E-state index is 12.6. The molecule has 1 fully saturated rings. The number of hydrogen-bond acceptors (Lipinski definition) is 1. The third-order valence-electron chi connectivity index (χ3n) is 1.51. The number of halogens is 2. The number of alkyl halides is 2. The van der Waals surface area contributed by atoms with Crippen molar-refractivity contribution < 1.29 is 8.78 Å². The predicted molar refractivity (Wildman–Crippen MR) is 31.9 cm³/mol. The first-order valence-electron chi connectivity index (χ1n) is 3.22. The first kappa shape index (κ1) is 6.93. The van der Waals surface area contributed by atoms with E-state index in [1.807, 2.05) is 0 Å². The van der Waals surface area contributed by atoms with Gasteiger partial charge in [0.1, 0.15) is 12.3 Å². The van der Waals surface area contributed by atoms with Crippen LogP contribution in [0.5, 0.6) is 0 Å². The SMILES string of the molecule is FCCNCC1(F)CC1. The van der Waals surface area contributed by atoms with Crippen LogP contribution in [0.25, 0.3) is 0 Å². The van der Waals surface area contributed by atoms with E-state index < -0.39 is 12.3 Å². The van der Waals surface area contributed by atoms with Crippen LogP contribution >= 0.6 is 0 Å². The molecule has 1 aliphatic carbocycles. The smallest absolute Gasteiger partial charge is 0.123 e. The van der Waals surface area contributed by atoms with E-state index in [2.05, 4.69) is 5.32 Å². The van der Waals surface area contributed by atoms with Gasteiger partial charge in [-0.25, -0.2) is 8.78 Å². The highest BCUT2D eigenvalue weighted by atomic mass is 19.1. The molecule has 54 valence electrons. The summed E-state index contributed by atoms with van der Waals surface area (Å²) in [5.74, 6) is 0. The van der Waals surface area contributed by atoms with Gasteiger partial charge in [0.2, 0.25) is 0 Å². The highest BCUT2D eigenvalue weighted by Crippen LogP contribution is 2.38. The molecule has 1 aliphatic rings. The Morgan fingerprint density at radius 1 is 1.44 bits per heavy atom. The monoisotopic (exact) mass is 135 g/mol. The molecule has 0 aromatic carbocycles. The Kier molecular flexibility index (Phi) is 2.01. The lowest BCUT2D eigenvalue weighted by Gasteiger charge is -2.03. The Morgan fingerprint density at radius 2 is 2.11 bits per heavy atom. The molecule has 0 unspecified atom stereocenters. The summed E-state index contributed by atoms with van der Waals surface area (Å²) in [4.78, 5) is 0. The molecule has 0 aromatic rings. The Hall–Kier alpha value is -0.180. The van der Waals surface area contributed by atoms with Crippen molar-refractivity contribution in [2.75, 3.05) is 19.8 Å². The lowest BCUT2D eigenvalue weighted by atomic mass is 10.4. The second-order valence-electron chi connectivity index (χ2n) is 2.52. The molecule has 0 saturated heterocycles. The summed E-state index contributed by atoms with van der Waals surface area (Å²) in [6.45, 7) is 0.207. The normalized spacial score (nSPS) is 22.0. The summed E-state index contributed by atoms with van der Waals surface area (Å²) < 4.78 is 24.0. The molecule has 1 nitrogen and oxygen atoms in total. The third-order valence-corrected chi connectivity index (χ3v) is 1.51. The molecule has 3 heteroatoms. The first-order valence-corrected chi connectivity index (χ1v) is 3.22. The van der Waals surface area contributed by atoms with Gasteiger partial charge in [0, 0.05) is 13.1 Å². The maximum Gasteiger partial charge on any atom is 0.123 e. The van der Waals surface area contributed by atoms with Crippen LogP contribution in [0.3, 0.4) is 0 Å². The van der Waals surface area contributed by atoms with Crippen LogP contribution < -0.4 is 5.32 Å². The van der Waals surface area contributed by atoms with Gasteiger partial charge in [-0.05, 0) is 12.8 Å². The maximum absolute atomic E-state index is 12.6. The van der Waals surface area contributed by atoms with Crippen molar-refractivity contribution in [2.24, 2.45) is 0 Å². The fourth-order valence-corrected chi connectivity index (χ4v) is 0.692. The largest absolute Gasteiger partial charge is 0.311 e. The summed E-state index contributed by atoms with van der Waals surface area (Å²) in [6.07, 6.45) is 1.29. The molecule has 1 rings (SSSR count). The van der Waals surface area contributed by atoms with Crippen molar-refractivity contribution in [1.82, 2.24) is 5.32 Å². The zero-order valence-electron chi connectivity index (χ0n) is 5.29. The van der Waals surface area contributed by atoms with Gasteiger partial charge in [-0.15, -0.1) is 0 Å². The van der Waals surface area contributed by atoms with E-state index in [0.717, 1.165) is 0 Å². The molecule has 0 atom stereocenters. The van der Waals surface area contributed by atoms with E-state index in [1.165, 1.54) is 0 Å². The van der Waals surface area contributed by atoms with Crippen molar-refractivity contribution in [3.63, 3.8) is 0 Å². The number of hydrogen-bond donors (Lipinski definition) is 1. The highest BCUT2D eigenvalue weighted by molar-refractivity contribution is 4.95. The predicted octanol–water partition coefficient (Wildman–Crippen LogP) is 1.05. The third kappa shape index (κ3) is 2.26. The van der Waals surface area contributed by atoms with Crippen LogP contribution in [0.2, 0.25) is 0 Å². The molecule has 0 aliphatic heterocycles. The van der Waals surface area contributed by atoms with Crippen molar-refractivity contribution in [2.45, 2.75) is 18.5 Å². The van der Waals surface area contributed by atoms with Crippen LogP contribution in [0.1, 0.15) is 12.8 Å². The van der Waals surface area contributed by atoms with Gasteiger partial charge in [-0.3, -0.25) is 0 Å². The quantitative estimate of drug-likeness (QED) is 0.568. The summed E-state index contributed by atoms with van der Waals surface area (Å²) in [7, 11) is 0. The van der Waals surface area contributed by atoms with E-state index in [4.69, 9.17) is 0 Å². The molecule has 0 radical (unpaired) electrons. The van der Waals surface area contributed by atoms with Crippen molar-refractivity contribution >= 4 is 0 Å². The minimum absolute atomic E-state index is 0.283.